The molecule has 1 aromatic heterocycles. The van der Waals surface area contributed by atoms with Crippen LogP contribution in [0.3, 0.4) is 0 Å². The number of anilines is 1. The molecule has 0 unspecified atom stereocenters. The van der Waals surface area contributed by atoms with E-state index in [0.717, 1.165) is 18.8 Å². The number of para-hydroxylation sites is 1. The van der Waals surface area contributed by atoms with Crippen LogP contribution >= 0.6 is 11.8 Å². The molecule has 2 aromatic rings. The van der Waals surface area contributed by atoms with Crippen molar-refractivity contribution in [2.24, 2.45) is 11.8 Å². The van der Waals surface area contributed by atoms with Crippen LogP contribution in [-0.4, -0.2) is 49.0 Å². The van der Waals surface area contributed by atoms with E-state index in [2.05, 4.69) is 34.3 Å². The van der Waals surface area contributed by atoms with Gasteiger partial charge in [0.15, 0.2) is 5.69 Å². The van der Waals surface area contributed by atoms with Crippen LogP contribution in [0.1, 0.15) is 37.2 Å². The standard InChI is InChI=1S/C19H19N3O4S/c1-25-18(23)13-14(19(24)26-2)20-22-15(13)16-11-8-21(9-12(11)17(22)27-16)10-6-4-3-5-7-10/h3-7,11-12,16-17H,8-9H2,1-2H3/t11-,12+,16-,17+/m1/s1. The Balaban J connectivity index is 1.53. The first-order valence-corrected chi connectivity index (χ1v) is 9.82. The van der Waals surface area contributed by atoms with E-state index in [1.165, 1.54) is 19.9 Å². The van der Waals surface area contributed by atoms with Crippen molar-refractivity contribution in [3.05, 3.63) is 47.3 Å². The van der Waals surface area contributed by atoms with Gasteiger partial charge in [0.2, 0.25) is 0 Å². The van der Waals surface area contributed by atoms with Crippen LogP contribution in [0.2, 0.25) is 0 Å². The second-order valence-corrected chi connectivity index (χ2v) is 8.32. The van der Waals surface area contributed by atoms with E-state index >= 15 is 0 Å². The van der Waals surface area contributed by atoms with Crippen molar-refractivity contribution in [2.75, 3.05) is 32.2 Å². The summed E-state index contributed by atoms with van der Waals surface area (Å²) in [6.45, 7) is 1.88. The van der Waals surface area contributed by atoms with E-state index in [4.69, 9.17) is 9.47 Å². The molecule has 2 saturated heterocycles. The summed E-state index contributed by atoms with van der Waals surface area (Å²) >= 11 is 1.84. The average Bonchev–Trinajstić information content (AvgIpc) is 3.43. The third kappa shape index (κ3) is 2.25. The highest BCUT2D eigenvalue weighted by Crippen LogP contribution is 2.66. The molecule has 27 heavy (non-hydrogen) atoms. The molecule has 7 nitrogen and oxygen atoms in total. The fourth-order valence-electron chi connectivity index (χ4n) is 4.64. The maximum absolute atomic E-state index is 12.4. The van der Waals surface area contributed by atoms with E-state index in [9.17, 15) is 9.59 Å². The van der Waals surface area contributed by atoms with E-state index < -0.39 is 11.9 Å². The van der Waals surface area contributed by atoms with Gasteiger partial charge in [-0.2, -0.15) is 5.10 Å². The summed E-state index contributed by atoms with van der Waals surface area (Å²) in [6, 6.07) is 10.4. The summed E-state index contributed by atoms with van der Waals surface area (Å²) < 4.78 is 11.6. The number of esters is 2. The van der Waals surface area contributed by atoms with Crippen LogP contribution < -0.4 is 4.90 Å². The molecule has 3 aliphatic rings. The Labute approximate surface area is 160 Å². The Hall–Kier alpha value is -2.48. The minimum atomic E-state index is -0.599. The molecule has 5 rings (SSSR count). The molecule has 0 amide bonds. The predicted octanol–water partition coefficient (Wildman–Crippen LogP) is 2.51. The topological polar surface area (TPSA) is 73.7 Å². The highest BCUT2D eigenvalue weighted by atomic mass is 32.2. The number of carbonyl (C=O) groups is 2. The molecule has 0 radical (unpaired) electrons. The Kier molecular flexibility index (Phi) is 3.72. The van der Waals surface area contributed by atoms with E-state index in [0.29, 0.717) is 11.8 Å². The van der Waals surface area contributed by atoms with Crippen molar-refractivity contribution in [3.8, 4) is 0 Å². The lowest BCUT2D eigenvalue weighted by Gasteiger charge is -2.23. The third-order valence-corrected chi connectivity index (χ3v) is 7.50. The van der Waals surface area contributed by atoms with Gasteiger partial charge in [-0.25, -0.2) is 9.59 Å². The SMILES string of the molecule is COC(=O)c1nn2c(c1C(=O)OC)[C@@H]1S[C@H]2[C@H]2CN(c3ccccc3)C[C@H]21. The van der Waals surface area contributed by atoms with Crippen LogP contribution in [-0.2, 0) is 9.47 Å². The van der Waals surface area contributed by atoms with Gasteiger partial charge in [0.05, 0.1) is 25.2 Å². The predicted molar refractivity (Wildman–Crippen MR) is 99.9 cm³/mol. The largest absolute Gasteiger partial charge is 0.465 e. The normalized spacial score (nSPS) is 27.4. The third-order valence-electron chi connectivity index (χ3n) is 5.80. The van der Waals surface area contributed by atoms with Gasteiger partial charge in [-0.15, -0.1) is 11.8 Å². The average molecular weight is 385 g/mol. The zero-order chi connectivity index (χ0) is 18.7. The first-order chi connectivity index (χ1) is 13.1. The first kappa shape index (κ1) is 16.7. The van der Waals surface area contributed by atoms with Crippen LogP contribution in [0.5, 0.6) is 0 Å². The molecule has 8 heteroatoms. The van der Waals surface area contributed by atoms with Gasteiger partial charge in [0.1, 0.15) is 10.9 Å². The smallest absolute Gasteiger partial charge is 0.359 e. The molecular formula is C19H19N3O4S. The lowest BCUT2D eigenvalue weighted by molar-refractivity contribution is 0.0551. The summed E-state index contributed by atoms with van der Waals surface area (Å²) in [6.07, 6.45) is 0. The number of thioether (sulfide) groups is 1. The number of nitrogens with zero attached hydrogens (tertiary/aromatic N) is 3. The molecular weight excluding hydrogens is 366 g/mol. The monoisotopic (exact) mass is 385 g/mol. The maximum Gasteiger partial charge on any atom is 0.359 e. The summed E-state index contributed by atoms with van der Waals surface area (Å²) in [5.41, 5.74) is 2.36. The molecule has 0 aliphatic carbocycles. The molecule has 0 saturated carbocycles. The number of hydrogen-bond donors (Lipinski definition) is 0. The van der Waals surface area contributed by atoms with Gasteiger partial charge < -0.3 is 14.4 Å². The fourth-order valence-corrected chi connectivity index (χ4v) is 6.55. The molecule has 2 fully saturated rings. The van der Waals surface area contributed by atoms with Gasteiger partial charge in [0.25, 0.3) is 0 Å². The van der Waals surface area contributed by atoms with Crippen LogP contribution in [0.25, 0.3) is 0 Å². The quantitative estimate of drug-likeness (QED) is 0.752. The highest BCUT2D eigenvalue weighted by molar-refractivity contribution is 8.00. The molecule has 140 valence electrons. The summed E-state index contributed by atoms with van der Waals surface area (Å²) in [4.78, 5) is 27.0. The second kappa shape index (κ2) is 6.02. The molecule has 2 bridgehead atoms. The van der Waals surface area contributed by atoms with Crippen molar-refractivity contribution in [3.63, 3.8) is 0 Å². The van der Waals surface area contributed by atoms with Crippen molar-refractivity contribution in [1.82, 2.24) is 9.78 Å². The zero-order valence-corrected chi connectivity index (χ0v) is 15.8. The zero-order valence-electron chi connectivity index (χ0n) is 15.0. The molecule has 0 spiro atoms. The Morgan fingerprint density at radius 1 is 1.07 bits per heavy atom. The van der Waals surface area contributed by atoms with Crippen LogP contribution in [0, 0.1) is 11.8 Å². The molecule has 0 N–H and O–H groups in total. The molecule has 4 atom stereocenters. The Morgan fingerprint density at radius 3 is 2.48 bits per heavy atom. The Morgan fingerprint density at radius 2 is 1.78 bits per heavy atom. The number of benzene rings is 1. The number of carbonyl (C=O) groups excluding carboxylic acids is 2. The van der Waals surface area contributed by atoms with E-state index in [1.54, 1.807) is 0 Å². The van der Waals surface area contributed by atoms with Crippen molar-refractivity contribution in [1.29, 1.82) is 0 Å². The van der Waals surface area contributed by atoms with Gasteiger partial charge in [0, 0.05) is 30.6 Å². The van der Waals surface area contributed by atoms with Gasteiger partial charge in [-0.1, -0.05) is 18.2 Å². The summed E-state index contributed by atoms with van der Waals surface area (Å²) in [7, 11) is 2.62. The Bertz CT molecular complexity index is 929. The van der Waals surface area contributed by atoms with Crippen molar-refractivity contribution < 1.29 is 19.1 Å². The second-order valence-electron chi connectivity index (χ2n) is 7.05. The number of rotatable bonds is 3. The van der Waals surface area contributed by atoms with E-state index in [-0.39, 0.29) is 21.9 Å². The van der Waals surface area contributed by atoms with Gasteiger partial charge in [-0.05, 0) is 12.1 Å². The van der Waals surface area contributed by atoms with Crippen LogP contribution in [0.15, 0.2) is 30.3 Å². The minimum Gasteiger partial charge on any atom is -0.465 e. The fraction of sp³-hybridized carbons (Fsp3) is 0.421. The number of methoxy groups -OCH3 is 2. The molecule has 3 aliphatic heterocycles. The maximum atomic E-state index is 12.4. The highest BCUT2D eigenvalue weighted by Gasteiger charge is 2.58. The number of ether oxygens (including phenoxy) is 2. The van der Waals surface area contributed by atoms with Gasteiger partial charge >= 0.3 is 11.9 Å². The minimum absolute atomic E-state index is 0.0644. The van der Waals surface area contributed by atoms with Crippen molar-refractivity contribution in [2.45, 2.75) is 10.6 Å². The first-order valence-electron chi connectivity index (χ1n) is 8.88. The summed E-state index contributed by atoms with van der Waals surface area (Å²) in [5, 5.41) is 4.74. The van der Waals surface area contributed by atoms with Crippen LogP contribution in [0.4, 0.5) is 5.69 Å². The number of aromatic nitrogens is 2. The lowest BCUT2D eigenvalue weighted by atomic mass is 9.87. The lowest BCUT2D eigenvalue weighted by Crippen LogP contribution is -2.25. The molecule has 4 heterocycles. The summed E-state index contributed by atoms with van der Waals surface area (Å²) in [5.74, 6) is -0.279. The number of fused-ring (bicyclic) bond motifs is 8. The van der Waals surface area contributed by atoms with Gasteiger partial charge in [-0.3, -0.25) is 4.68 Å². The molecule has 1 aromatic carbocycles. The van der Waals surface area contributed by atoms with E-state index in [1.807, 2.05) is 22.5 Å². The number of hydrogen-bond acceptors (Lipinski definition) is 7. The van der Waals surface area contributed by atoms with Crippen molar-refractivity contribution >= 4 is 29.4 Å².